The molecule has 2 aliphatic carbocycles. The Morgan fingerprint density at radius 3 is 2.38 bits per heavy atom. The Morgan fingerprint density at radius 1 is 1.10 bits per heavy atom. The second-order valence-corrected chi connectivity index (χ2v) is 7.40. The van der Waals surface area contributed by atoms with E-state index in [0.717, 1.165) is 24.3 Å². The fourth-order valence-electron chi connectivity index (χ4n) is 4.13. The molecule has 2 aliphatic rings. The molecule has 1 nitrogen and oxygen atoms in total. The number of hydrogen-bond donors (Lipinski definition) is 1. The zero-order chi connectivity index (χ0) is 14.7. The zero-order valence-electron chi connectivity index (χ0n) is 13.8. The first kappa shape index (κ1) is 15.1. The number of rotatable bonds is 6. The van der Waals surface area contributed by atoms with Crippen LogP contribution < -0.4 is 5.32 Å². The molecule has 21 heavy (non-hydrogen) atoms. The van der Waals surface area contributed by atoms with Gasteiger partial charge in [0, 0.05) is 6.04 Å². The van der Waals surface area contributed by atoms with E-state index in [1.165, 1.54) is 50.5 Å². The van der Waals surface area contributed by atoms with Gasteiger partial charge >= 0.3 is 0 Å². The molecule has 0 saturated heterocycles. The van der Waals surface area contributed by atoms with Crippen molar-refractivity contribution in [2.24, 2.45) is 11.8 Å². The molecule has 0 amide bonds. The highest BCUT2D eigenvalue weighted by Crippen LogP contribution is 2.40. The van der Waals surface area contributed by atoms with Crippen molar-refractivity contribution in [2.45, 2.75) is 70.8 Å². The average Bonchev–Trinajstić information content (AvgIpc) is 2.85. The molecule has 0 heterocycles. The van der Waals surface area contributed by atoms with Crippen molar-refractivity contribution in [3.05, 3.63) is 35.4 Å². The molecule has 1 heteroatoms. The van der Waals surface area contributed by atoms with Gasteiger partial charge in [-0.25, -0.2) is 0 Å². The third-order valence-corrected chi connectivity index (χ3v) is 5.69. The van der Waals surface area contributed by atoms with Crippen molar-refractivity contribution in [3.8, 4) is 0 Å². The minimum Gasteiger partial charge on any atom is -0.310 e. The summed E-state index contributed by atoms with van der Waals surface area (Å²) >= 11 is 0. The van der Waals surface area contributed by atoms with Gasteiger partial charge < -0.3 is 5.32 Å². The first-order valence-electron chi connectivity index (χ1n) is 9.11. The Morgan fingerprint density at radius 2 is 1.86 bits per heavy atom. The first-order valence-corrected chi connectivity index (χ1v) is 9.11. The lowest BCUT2D eigenvalue weighted by Crippen LogP contribution is -2.28. The first-order chi connectivity index (χ1) is 10.3. The van der Waals surface area contributed by atoms with Gasteiger partial charge in [-0.05, 0) is 67.5 Å². The van der Waals surface area contributed by atoms with E-state index in [-0.39, 0.29) is 0 Å². The number of nitrogens with one attached hydrogen (secondary N) is 1. The van der Waals surface area contributed by atoms with Crippen molar-refractivity contribution in [1.82, 2.24) is 5.32 Å². The van der Waals surface area contributed by atoms with Gasteiger partial charge in [0.25, 0.3) is 0 Å². The average molecular weight is 285 g/mol. The van der Waals surface area contributed by atoms with E-state index in [1.807, 2.05) is 0 Å². The van der Waals surface area contributed by atoms with Gasteiger partial charge in [-0.15, -0.1) is 0 Å². The molecule has 1 aromatic rings. The Kier molecular flexibility index (Phi) is 5.00. The van der Waals surface area contributed by atoms with Crippen molar-refractivity contribution in [3.63, 3.8) is 0 Å². The SMILES string of the molecule is CCCNC(c1ccc(C2CCC2)cc1)C1CCC(C)C1. The summed E-state index contributed by atoms with van der Waals surface area (Å²) in [5, 5.41) is 3.82. The molecule has 3 rings (SSSR count). The molecule has 1 N–H and O–H groups in total. The van der Waals surface area contributed by atoms with E-state index in [0.29, 0.717) is 6.04 Å². The fourth-order valence-corrected chi connectivity index (χ4v) is 4.13. The van der Waals surface area contributed by atoms with Crippen LogP contribution in [0.25, 0.3) is 0 Å². The predicted octanol–water partition coefficient (Wildman–Crippen LogP) is 5.43. The van der Waals surface area contributed by atoms with Crippen LogP contribution in [0.5, 0.6) is 0 Å². The summed E-state index contributed by atoms with van der Waals surface area (Å²) in [5.41, 5.74) is 3.09. The molecule has 0 radical (unpaired) electrons. The minimum atomic E-state index is 0.574. The van der Waals surface area contributed by atoms with Crippen LogP contribution in [0.15, 0.2) is 24.3 Å². The second kappa shape index (κ2) is 6.96. The summed E-state index contributed by atoms with van der Waals surface area (Å²) in [5.74, 6) is 2.60. The third-order valence-electron chi connectivity index (χ3n) is 5.69. The summed E-state index contributed by atoms with van der Waals surface area (Å²) in [6.07, 6.45) is 9.65. The largest absolute Gasteiger partial charge is 0.310 e. The lowest BCUT2D eigenvalue weighted by Gasteiger charge is -2.28. The van der Waals surface area contributed by atoms with Crippen LogP contribution in [-0.2, 0) is 0 Å². The highest BCUT2D eigenvalue weighted by atomic mass is 14.9. The molecular weight excluding hydrogens is 254 g/mol. The van der Waals surface area contributed by atoms with Gasteiger partial charge in [-0.1, -0.05) is 51.0 Å². The van der Waals surface area contributed by atoms with Gasteiger partial charge in [-0.3, -0.25) is 0 Å². The van der Waals surface area contributed by atoms with Crippen LogP contribution in [0.1, 0.15) is 81.9 Å². The van der Waals surface area contributed by atoms with E-state index in [4.69, 9.17) is 0 Å². The van der Waals surface area contributed by atoms with Crippen LogP contribution in [0.4, 0.5) is 0 Å². The smallest absolute Gasteiger partial charge is 0.0348 e. The molecular formula is C20H31N. The highest BCUT2D eigenvalue weighted by Gasteiger charge is 2.29. The summed E-state index contributed by atoms with van der Waals surface area (Å²) < 4.78 is 0. The van der Waals surface area contributed by atoms with Crippen LogP contribution in [0, 0.1) is 11.8 Å². The summed E-state index contributed by atoms with van der Waals surface area (Å²) in [4.78, 5) is 0. The predicted molar refractivity (Wildman–Crippen MR) is 90.6 cm³/mol. The molecule has 116 valence electrons. The number of benzene rings is 1. The highest BCUT2D eigenvalue weighted by molar-refractivity contribution is 5.29. The lowest BCUT2D eigenvalue weighted by molar-refractivity contribution is 0.359. The van der Waals surface area contributed by atoms with Crippen molar-refractivity contribution in [1.29, 1.82) is 0 Å². The van der Waals surface area contributed by atoms with Crippen LogP contribution in [0.3, 0.4) is 0 Å². The van der Waals surface area contributed by atoms with E-state index in [9.17, 15) is 0 Å². The summed E-state index contributed by atoms with van der Waals surface area (Å²) in [6, 6.07) is 10.2. The normalized spacial score (nSPS) is 27.5. The second-order valence-electron chi connectivity index (χ2n) is 7.40. The molecule has 0 spiro atoms. The fraction of sp³-hybridized carbons (Fsp3) is 0.700. The Labute approximate surface area is 130 Å². The molecule has 2 fully saturated rings. The van der Waals surface area contributed by atoms with Crippen molar-refractivity contribution in [2.75, 3.05) is 6.54 Å². The monoisotopic (exact) mass is 285 g/mol. The molecule has 0 bridgehead atoms. The van der Waals surface area contributed by atoms with Gasteiger partial charge in [0.2, 0.25) is 0 Å². The van der Waals surface area contributed by atoms with Gasteiger partial charge in [0.15, 0.2) is 0 Å². The van der Waals surface area contributed by atoms with Crippen molar-refractivity contribution >= 4 is 0 Å². The maximum absolute atomic E-state index is 3.82. The van der Waals surface area contributed by atoms with Crippen molar-refractivity contribution < 1.29 is 0 Å². The Hall–Kier alpha value is -0.820. The van der Waals surface area contributed by atoms with Gasteiger partial charge in [0.05, 0.1) is 0 Å². The zero-order valence-corrected chi connectivity index (χ0v) is 13.8. The van der Waals surface area contributed by atoms with E-state index >= 15 is 0 Å². The van der Waals surface area contributed by atoms with Gasteiger partial charge in [0.1, 0.15) is 0 Å². The van der Waals surface area contributed by atoms with Crippen LogP contribution in [-0.4, -0.2) is 6.54 Å². The van der Waals surface area contributed by atoms with Crippen LogP contribution >= 0.6 is 0 Å². The summed E-state index contributed by atoms with van der Waals surface area (Å²) in [7, 11) is 0. The molecule has 0 aliphatic heterocycles. The quantitative estimate of drug-likeness (QED) is 0.734. The maximum atomic E-state index is 3.82. The topological polar surface area (TPSA) is 12.0 Å². The maximum Gasteiger partial charge on any atom is 0.0348 e. The molecule has 3 unspecified atom stereocenters. The van der Waals surface area contributed by atoms with Crippen LogP contribution in [0.2, 0.25) is 0 Å². The van der Waals surface area contributed by atoms with E-state index in [2.05, 4.69) is 43.4 Å². The van der Waals surface area contributed by atoms with E-state index in [1.54, 1.807) is 5.56 Å². The molecule has 0 aromatic heterocycles. The van der Waals surface area contributed by atoms with E-state index < -0.39 is 0 Å². The number of hydrogen-bond acceptors (Lipinski definition) is 1. The summed E-state index contributed by atoms with van der Waals surface area (Å²) in [6.45, 7) is 5.82. The molecule has 2 saturated carbocycles. The third kappa shape index (κ3) is 3.51. The molecule has 3 atom stereocenters. The van der Waals surface area contributed by atoms with Gasteiger partial charge in [-0.2, -0.15) is 0 Å². The Bertz CT molecular complexity index is 432. The Balaban J connectivity index is 1.71. The minimum absolute atomic E-state index is 0.574. The lowest BCUT2D eigenvalue weighted by atomic mass is 9.79. The standard InChI is InChI=1S/C20H31N/c1-3-13-21-20(19-8-7-15(2)14-19)18-11-9-17(10-12-18)16-5-4-6-16/h9-12,15-16,19-21H,3-8,13-14H2,1-2H3. The molecule has 1 aromatic carbocycles.